The van der Waals surface area contributed by atoms with E-state index < -0.39 is 12.0 Å². The molecule has 0 aromatic carbocycles. The van der Waals surface area contributed by atoms with Gasteiger partial charge in [0, 0.05) is 23.3 Å². The van der Waals surface area contributed by atoms with Gasteiger partial charge in [0.25, 0.3) is 0 Å². The molecule has 2 aromatic heterocycles. The first-order valence-electron chi connectivity index (χ1n) is 7.71. The van der Waals surface area contributed by atoms with E-state index in [1.54, 1.807) is 12.4 Å². The van der Waals surface area contributed by atoms with Gasteiger partial charge in [0.2, 0.25) is 5.91 Å². The molecule has 0 aliphatic heterocycles. The Morgan fingerprint density at radius 3 is 2.79 bits per heavy atom. The number of thiazole rings is 1. The van der Waals surface area contributed by atoms with Crippen LogP contribution in [0.3, 0.4) is 0 Å². The number of aromatic nitrogens is 2. The smallest absolute Gasteiger partial charge is 0.328 e. The van der Waals surface area contributed by atoms with E-state index in [0.29, 0.717) is 12.1 Å². The molecule has 2 heterocycles. The summed E-state index contributed by atoms with van der Waals surface area (Å²) in [5.41, 5.74) is 1.59. The van der Waals surface area contributed by atoms with Crippen LogP contribution in [-0.4, -0.2) is 35.0 Å². The summed E-state index contributed by atoms with van der Waals surface area (Å²) in [5.74, 6) is -0.397. The average molecular weight is 347 g/mol. The van der Waals surface area contributed by atoms with Crippen molar-refractivity contribution in [2.75, 3.05) is 7.11 Å². The highest BCUT2D eigenvalue weighted by molar-refractivity contribution is 7.13. The molecule has 0 saturated heterocycles. The Kier molecular flexibility index (Phi) is 6.43. The minimum atomic E-state index is -0.626. The molecule has 1 atom stereocenters. The molecular formula is C17H21N3O3S. The summed E-state index contributed by atoms with van der Waals surface area (Å²) in [5, 5.41) is 5.40. The van der Waals surface area contributed by atoms with Crippen LogP contribution >= 0.6 is 11.3 Å². The Morgan fingerprint density at radius 1 is 1.38 bits per heavy atom. The zero-order chi connectivity index (χ0) is 17.5. The van der Waals surface area contributed by atoms with Crippen LogP contribution in [0, 0.1) is 5.92 Å². The second-order valence-corrected chi connectivity index (χ2v) is 6.69. The van der Waals surface area contributed by atoms with Gasteiger partial charge < -0.3 is 10.1 Å². The van der Waals surface area contributed by atoms with Crippen LogP contribution in [0.25, 0.3) is 10.6 Å². The van der Waals surface area contributed by atoms with Crippen LogP contribution in [0.5, 0.6) is 0 Å². The van der Waals surface area contributed by atoms with Crippen LogP contribution in [0.1, 0.15) is 26.0 Å². The molecule has 0 saturated carbocycles. The van der Waals surface area contributed by atoms with Gasteiger partial charge in [-0.2, -0.15) is 0 Å². The SMILES string of the molecule is COC(=O)C(CC(C)C)NC(=O)Cc1csc(-c2cccnc2)n1. The fourth-order valence-corrected chi connectivity index (χ4v) is 3.06. The highest BCUT2D eigenvalue weighted by atomic mass is 32.1. The number of hydrogen-bond donors (Lipinski definition) is 1. The molecule has 0 radical (unpaired) electrons. The van der Waals surface area contributed by atoms with Gasteiger partial charge in [-0.15, -0.1) is 11.3 Å². The molecule has 0 bridgehead atoms. The topological polar surface area (TPSA) is 81.2 Å². The van der Waals surface area contributed by atoms with E-state index in [9.17, 15) is 9.59 Å². The maximum atomic E-state index is 12.2. The Balaban J connectivity index is 1.99. The molecule has 7 heteroatoms. The molecule has 2 rings (SSSR count). The zero-order valence-electron chi connectivity index (χ0n) is 14.0. The predicted molar refractivity (Wildman–Crippen MR) is 92.5 cm³/mol. The molecule has 6 nitrogen and oxygen atoms in total. The average Bonchev–Trinajstić information content (AvgIpc) is 3.02. The van der Waals surface area contributed by atoms with Crippen LogP contribution in [0.4, 0.5) is 0 Å². The molecule has 0 fully saturated rings. The fraction of sp³-hybridized carbons (Fsp3) is 0.412. The van der Waals surface area contributed by atoms with Crippen LogP contribution < -0.4 is 5.32 Å². The molecule has 0 aliphatic carbocycles. The summed E-state index contributed by atoms with van der Waals surface area (Å²) in [6, 6.07) is 3.14. The molecule has 128 valence electrons. The van der Waals surface area contributed by atoms with E-state index in [0.717, 1.165) is 10.6 Å². The normalized spacial score (nSPS) is 12.0. The Morgan fingerprint density at radius 2 is 2.17 bits per heavy atom. The molecule has 24 heavy (non-hydrogen) atoms. The number of nitrogens with zero attached hydrogens (tertiary/aromatic N) is 2. The number of ether oxygens (including phenoxy) is 1. The summed E-state index contributed by atoms with van der Waals surface area (Å²) < 4.78 is 4.75. The number of carbonyl (C=O) groups is 2. The number of esters is 1. The van der Waals surface area contributed by atoms with E-state index in [1.165, 1.54) is 18.4 Å². The van der Waals surface area contributed by atoms with Crippen molar-refractivity contribution in [3.63, 3.8) is 0 Å². The van der Waals surface area contributed by atoms with Gasteiger partial charge >= 0.3 is 5.97 Å². The van der Waals surface area contributed by atoms with E-state index in [1.807, 2.05) is 31.4 Å². The lowest BCUT2D eigenvalue weighted by molar-refractivity contribution is -0.145. The van der Waals surface area contributed by atoms with Crippen molar-refractivity contribution < 1.29 is 14.3 Å². The quantitative estimate of drug-likeness (QED) is 0.778. The molecule has 0 aliphatic rings. The predicted octanol–water partition coefficient (Wildman–Crippen LogP) is 2.45. The number of nitrogens with one attached hydrogen (secondary N) is 1. The monoisotopic (exact) mass is 347 g/mol. The lowest BCUT2D eigenvalue weighted by Gasteiger charge is -2.18. The standard InChI is InChI=1S/C17H21N3O3S/c1-11(2)7-14(17(22)23-3)20-15(21)8-13-10-24-16(19-13)12-5-4-6-18-9-12/h4-6,9-11,14H,7-8H2,1-3H3,(H,20,21). The van der Waals surface area contributed by atoms with Gasteiger partial charge in [0.15, 0.2) is 0 Å². The number of amides is 1. The number of hydrogen-bond acceptors (Lipinski definition) is 6. The summed E-state index contributed by atoms with van der Waals surface area (Å²) in [6.07, 6.45) is 4.10. The largest absolute Gasteiger partial charge is 0.467 e. The summed E-state index contributed by atoms with van der Waals surface area (Å²) in [4.78, 5) is 32.5. The maximum Gasteiger partial charge on any atom is 0.328 e. The van der Waals surface area contributed by atoms with Gasteiger partial charge in [0.1, 0.15) is 11.0 Å². The van der Waals surface area contributed by atoms with Crippen molar-refractivity contribution in [3.05, 3.63) is 35.6 Å². The van der Waals surface area contributed by atoms with Crippen molar-refractivity contribution in [1.82, 2.24) is 15.3 Å². The lowest BCUT2D eigenvalue weighted by Crippen LogP contribution is -2.43. The Hall–Kier alpha value is -2.28. The van der Waals surface area contributed by atoms with Crippen LogP contribution in [0.2, 0.25) is 0 Å². The third-order valence-corrected chi connectivity index (χ3v) is 4.27. The molecule has 2 aromatic rings. The maximum absolute atomic E-state index is 12.2. The third-order valence-electron chi connectivity index (χ3n) is 3.33. The highest BCUT2D eigenvalue weighted by Gasteiger charge is 2.23. The first-order chi connectivity index (χ1) is 11.5. The summed E-state index contributed by atoms with van der Waals surface area (Å²) >= 11 is 1.46. The third kappa shape index (κ3) is 5.13. The molecule has 1 unspecified atom stereocenters. The van der Waals surface area contributed by atoms with E-state index >= 15 is 0 Å². The molecular weight excluding hydrogens is 326 g/mol. The van der Waals surface area contributed by atoms with Crippen molar-refractivity contribution in [1.29, 1.82) is 0 Å². The summed E-state index contributed by atoms with van der Waals surface area (Å²) in [7, 11) is 1.32. The van der Waals surface area contributed by atoms with Gasteiger partial charge in [-0.25, -0.2) is 9.78 Å². The lowest BCUT2D eigenvalue weighted by atomic mass is 10.0. The number of pyridine rings is 1. The van der Waals surface area contributed by atoms with Gasteiger partial charge in [0.05, 0.1) is 19.2 Å². The summed E-state index contributed by atoms with van der Waals surface area (Å²) in [6.45, 7) is 3.98. The number of rotatable bonds is 7. The van der Waals surface area contributed by atoms with E-state index in [4.69, 9.17) is 4.74 Å². The van der Waals surface area contributed by atoms with E-state index in [2.05, 4.69) is 15.3 Å². The first kappa shape index (κ1) is 18.1. The van der Waals surface area contributed by atoms with Crippen molar-refractivity contribution in [3.8, 4) is 10.6 Å². The van der Waals surface area contributed by atoms with Crippen LogP contribution in [0.15, 0.2) is 29.9 Å². The number of carbonyl (C=O) groups excluding carboxylic acids is 2. The minimum Gasteiger partial charge on any atom is -0.467 e. The van der Waals surface area contributed by atoms with Gasteiger partial charge in [-0.3, -0.25) is 9.78 Å². The van der Waals surface area contributed by atoms with Gasteiger partial charge in [-0.1, -0.05) is 13.8 Å². The van der Waals surface area contributed by atoms with Gasteiger partial charge in [-0.05, 0) is 24.5 Å². The van der Waals surface area contributed by atoms with Crippen molar-refractivity contribution in [2.45, 2.75) is 32.7 Å². The fourth-order valence-electron chi connectivity index (χ4n) is 2.25. The second-order valence-electron chi connectivity index (χ2n) is 5.84. The second kappa shape index (κ2) is 8.54. The van der Waals surface area contributed by atoms with E-state index in [-0.39, 0.29) is 18.2 Å². The Bertz CT molecular complexity index is 685. The first-order valence-corrected chi connectivity index (χ1v) is 8.59. The zero-order valence-corrected chi connectivity index (χ0v) is 14.8. The highest BCUT2D eigenvalue weighted by Crippen LogP contribution is 2.22. The van der Waals surface area contributed by atoms with Crippen molar-refractivity contribution in [2.24, 2.45) is 5.92 Å². The minimum absolute atomic E-state index is 0.127. The van der Waals surface area contributed by atoms with Crippen molar-refractivity contribution >= 4 is 23.2 Å². The van der Waals surface area contributed by atoms with Crippen LogP contribution in [-0.2, 0) is 20.7 Å². The Labute approximate surface area is 145 Å². The number of methoxy groups -OCH3 is 1. The molecule has 1 amide bonds. The molecule has 1 N–H and O–H groups in total. The molecule has 0 spiro atoms.